The van der Waals surface area contributed by atoms with E-state index in [1.54, 1.807) is 0 Å². The molecule has 0 aromatic heterocycles. The minimum absolute atomic E-state index is 0.531. The van der Waals surface area contributed by atoms with Crippen LogP contribution in [0.2, 0.25) is 0 Å². The van der Waals surface area contributed by atoms with Crippen molar-refractivity contribution in [2.45, 2.75) is 32.4 Å². The normalized spacial score (nSPS) is 39.5. The molecule has 0 spiro atoms. The summed E-state index contributed by atoms with van der Waals surface area (Å²) in [6.45, 7) is 9.69. The van der Waals surface area contributed by atoms with Gasteiger partial charge in [-0.25, -0.2) is 0 Å². The number of nitrogens with zero attached hydrogens (tertiary/aromatic N) is 1. The average Bonchev–Trinajstić information content (AvgIpc) is 2.10. The second kappa shape index (κ2) is 3.73. The van der Waals surface area contributed by atoms with Crippen LogP contribution in [0, 0.1) is 0 Å². The number of hydrogen-bond donors (Lipinski definition) is 2. The predicted molar refractivity (Wildman–Crippen MR) is 50.2 cm³/mol. The van der Waals surface area contributed by atoms with Crippen molar-refractivity contribution in [1.82, 2.24) is 10.2 Å². The molecule has 0 aromatic rings. The summed E-state index contributed by atoms with van der Waals surface area (Å²) in [5.74, 6) is 0. The Bertz CT molecular complexity index is 147. The van der Waals surface area contributed by atoms with E-state index in [9.17, 15) is 5.11 Å². The summed E-state index contributed by atoms with van der Waals surface area (Å²) in [4.78, 5) is 2.31. The zero-order chi connectivity index (χ0) is 9.19. The van der Waals surface area contributed by atoms with Gasteiger partial charge in [-0.2, -0.15) is 0 Å². The summed E-state index contributed by atoms with van der Waals surface area (Å²) in [7, 11) is 0. The van der Waals surface area contributed by atoms with Gasteiger partial charge in [-0.1, -0.05) is 6.92 Å². The van der Waals surface area contributed by atoms with Crippen molar-refractivity contribution in [1.29, 1.82) is 0 Å². The van der Waals surface area contributed by atoms with Crippen molar-refractivity contribution in [3.8, 4) is 0 Å². The van der Waals surface area contributed by atoms with E-state index in [1.165, 1.54) is 0 Å². The predicted octanol–water partition coefficient (Wildman–Crippen LogP) is 0.0510. The van der Waals surface area contributed by atoms with Gasteiger partial charge in [-0.05, 0) is 20.4 Å². The van der Waals surface area contributed by atoms with Gasteiger partial charge < -0.3 is 10.4 Å². The lowest BCUT2D eigenvalue weighted by molar-refractivity contribution is 0.0283. The second-order valence-corrected chi connectivity index (χ2v) is 4.04. The first-order valence-electron chi connectivity index (χ1n) is 4.72. The topological polar surface area (TPSA) is 35.5 Å². The van der Waals surface area contributed by atoms with Gasteiger partial charge in [0.05, 0.1) is 5.60 Å². The summed E-state index contributed by atoms with van der Waals surface area (Å²) in [6.07, 6.45) is 0. The number of aliphatic hydroxyl groups is 1. The molecule has 0 aliphatic carbocycles. The van der Waals surface area contributed by atoms with Crippen molar-refractivity contribution < 1.29 is 5.11 Å². The van der Waals surface area contributed by atoms with Crippen molar-refractivity contribution in [3.63, 3.8) is 0 Å². The number of β-amino-alcohol motifs (C(OH)–C–C–N with tert-alkyl or cyclic N) is 1. The zero-order valence-corrected chi connectivity index (χ0v) is 8.30. The fraction of sp³-hybridized carbons (Fsp3) is 1.00. The molecule has 0 radical (unpaired) electrons. The van der Waals surface area contributed by atoms with Crippen molar-refractivity contribution in [3.05, 3.63) is 0 Å². The van der Waals surface area contributed by atoms with Crippen LogP contribution in [0.15, 0.2) is 0 Å². The van der Waals surface area contributed by atoms with Gasteiger partial charge in [0.1, 0.15) is 0 Å². The fourth-order valence-corrected chi connectivity index (χ4v) is 1.75. The summed E-state index contributed by atoms with van der Waals surface area (Å²) >= 11 is 0. The number of likely N-dealkylation sites (N-methyl/N-ethyl adjacent to an activating group) is 1. The first kappa shape index (κ1) is 9.96. The maximum atomic E-state index is 9.87. The van der Waals surface area contributed by atoms with Gasteiger partial charge in [-0.3, -0.25) is 4.90 Å². The van der Waals surface area contributed by atoms with Crippen LogP contribution in [0.3, 0.4) is 0 Å². The summed E-state index contributed by atoms with van der Waals surface area (Å²) in [5, 5.41) is 13.1. The van der Waals surface area contributed by atoms with Crippen LogP contribution in [0.4, 0.5) is 0 Å². The Morgan fingerprint density at radius 1 is 1.67 bits per heavy atom. The maximum Gasteiger partial charge on any atom is 0.0869 e. The molecule has 0 aromatic carbocycles. The standard InChI is InChI=1S/C9H20N2O/c1-4-11-7-9(3,12)6-10-5-8(11)2/h8,10,12H,4-7H2,1-3H3. The maximum absolute atomic E-state index is 9.87. The molecule has 2 atom stereocenters. The minimum Gasteiger partial charge on any atom is -0.388 e. The number of hydrogen-bond acceptors (Lipinski definition) is 3. The first-order chi connectivity index (χ1) is 5.55. The molecular weight excluding hydrogens is 152 g/mol. The van der Waals surface area contributed by atoms with E-state index in [1.807, 2.05) is 6.92 Å². The monoisotopic (exact) mass is 172 g/mol. The van der Waals surface area contributed by atoms with Crippen LogP contribution < -0.4 is 5.32 Å². The fourth-order valence-electron chi connectivity index (χ4n) is 1.75. The SMILES string of the molecule is CCN1CC(C)(O)CNCC1C. The molecular formula is C9H20N2O. The van der Waals surface area contributed by atoms with E-state index < -0.39 is 5.60 Å². The molecule has 1 aliphatic rings. The molecule has 3 heteroatoms. The second-order valence-electron chi connectivity index (χ2n) is 4.04. The van der Waals surface area contributed by atoms with Crippen molar-refractivity contribution in [2.24, 2.45) is 0 Å². The molecule has 2 unspecified atom stereocenters. The Labute approximate surface area is 74.8 Å². The van der Waals surface area contributed by atoms with Gasteiger partial charge in [-0.15, -0.1) is 0 Å². The van der Waals surface area contributed by atoms with Crippen LogP contribution in [-0.4, -0.2) is 47.8 Å². The molecule has 3 nitrogen and oxygen atoms in total. The molecule has 1 aliphatic heterocycles. The Kier molecular flexibility index (Phi) is 3.09. The third-order valence-electron chi connectivity index (χ3n) is 2.52. The van der Waals surface area contributed by atoms with Crippen LogP contribution in [0.25, 0.3) is 0 Å². The van der Waals surface area contributed by atoms with Crippen molar-refractivity contribution in [2.75, 3.05) is 26.2 Å². The number of nitrogens with one attached hydrogen (secondary N) is 1. The van der Waals surface area contributed by atoms with E-state index in [0.29, 0.717) is 12.6 Å². The van der Waals surface area contributed by atoms with E-state index in [4.69, 9.17) is 0 Å². The first-order valence-corrected chi connectivity index (χ1v) is 4.72. The Balaban J connectivity index is 2.59. The molecule has 1 rings (SSSR count). The lowest BCUT2D eigenvalue weighted by Crippen LogP contribution is -2.44. The Morgan fingerprint density at radius 3 is 2.92 bits per heavy atom. The van der Waals surface area contributed by atoms with E-state index in [0.717, 1.165) is 19.6 Å². The van der Waals surface area contributed by atoms with Crippen molar-refractivity contribution >= 4 is 0 Å². The molecule has 2 N–H and O–H groups in total. The molecule has 0 bridgehead atoms. The Hall–Kier alpha value is -0.120. The van der Waals surface area contributed by atoms with Crippen LogP contribution in [0.5, 0.6) is 0 Å². The summed E-state index contributed by atoms with van der Waals surface area (Å²) < 4.78 is 0. The molecule has 0 amide bonds. The zero-order valence-electron chi connectivity index (χ0n) is 8.30. The van der Waals surface area contributed by atoms with Gasteiger partial charge in [0, 0.05) is 25.7 Å². The lowest BCUT2D eigenvalue weighted by Gasteiger charge is -2.30. The summed E-state index contributed by atoms with van der Waals surface area (Å²) in [5.41, 5.74) is -0.569. The highest BCUT2D eigenvalue weighted by Crippen LogP contribution is 2.11. The number of rotatable bonds is 1. The molecule has 1 heterocycles. The van der Waals surface area contributed by atoms with Crippen LogP contribution >= 0.6 is 0 Å². The largest absolute Gasteiger partial charge is 0.388 e. The quantitative estimate of drug-likeness (QED) is 0.587. The van der Waals surface area contributed by atoms with Crippen LogP contribution in [0.1, 0.15) is 20.8 Å². The molecule has 1 saturated heterocycles. The molecule has 12 heavy (non-hydrogen) atoms. The molecule has 0 saturated carbocycles. The summed E-state index contributed by atoms with van der Waals surface area (Å²) in [6, 6.07) is 0.531. The van der Waals surface area contributed by atoms with E-state index in [-0.39, 0.29) is 0 Å². The highest BCUT2D eigenvalue weighted by molar-refractivity contribution is 4.86. The highest BCUT2D eigenvalue weighted by atomic mass is 16.3. The molecule has 72 valence electrons. The van der Waals surface area contributed by atoms with Gasteiger partial charge in [0.15, 0.2) is 0 Å². The van der Waals surface area contributed by atoms with E-state index in [2.05, 4.69) is 24.1 Å². The Morgan fingerprint density at radius 2 is 2.33 bits per heavy atom. The smallest absolute Gasteiger partial charge is 0.0869 e. The highest BCUT2D eigenvalue weighted by Gasteiger charge is 2.28. The van der Waals surface area contributed by atoms with Gasteiger partial charge in [0.25, 0.3) is 0 Å². The third-order valence-corrected chi connectivity index (χ3v) is 2.52. The van der Waals surface area contributed by atoms with Gasteiger partial charge in [0.2, 0.25) is 0 Å². The third kappa shape index (κ3) is 2.44. The minimum atomic E-state index is -0.569. The van der Waals surface area contributed by atoms with Crippen LogP contribution in [-0.2, 0) is 0 Å². The average molecular weight is 172 g/mol. The lowest BCUT2D eigenvalue weighted by atomic mass is 10.1. The molecule has 1 fully saturated rings. The van der Waals surface area contributed by atoms with Gasteiger partial charge >= 0.3 is 0 Å². The van der Waals surface area contributed by atoms with E-state index >= 15 is 0 Å².